The van der Waals surface area contributed by atoms with Crippen LogP contribution in [0.25, 0.3) is 0 Å². The maximum atomic E-state index is 12.7. The average Bonchev–Trinajstić information content (AvgIpc) is 2.94. The van der Waals surface area contributed by atoms with Crippen LogP contribution >= 0.6 is 7.82 Å². The molecule has 43 heavy (non-hydrogen) atoms. The predicted octanol–water partition coefficient (Wildman–Crippen LogP) is 7.60. The van der Waals surface area contributed by atoms with Gasteiger partial charge in [-0.25, -0.2) is 0 Å². The van der Waals surface area contributed by atoms with Gasteiger partial charge in [0.2, 0.25) is 5.91 Å². The van der Waals surface area contributed by atoms with E-state index in [0.717, 1.165) is 38.5 Å². The summed E-state index contributed by atoms with van der Waals surface area (Å²) in [6.45, 7) is 4.55. The molecule has 0 aliphatic heterocycles. The van der Waals surface area contributed by atoms with E-state index in [4.69, 9.17) is 9.05 Å². The normalized spacial score (nSPS) is 15.2. The standard InChI is InChI=1S/C34H67N2O6P/c1-6-8-10-12-14-16-18-19-21-23-25-27-33(37)32(31-42-43(39,40)41-30-29-36(3,4)5)35-34(38)28-26-24-22-20-17-15-13-11-9-7-2/h18-19,25,27,32-33,37H,6-17,20-24,26,28-31H2,1-5H3,(H-,35,38,39,40)/b19-18+,27-25+/t32-,33+/m0/s1. The van der Waals surface area contributed by atoms with Gasteiger partial charge in [0, 0.05) is 6.42 Å². The van der Waals surface area contributed by atoms with Gasteiger partial charge in [0.1, 0.15) is 13.2 Å². The molecule has 0 rings (SSSR count). The number of aliphatic hydroxyl groups is 1. The molecule has 2 N–H and O–H groups in total. The van der Waals surface area contributed by atoms with Crippen molar-refractivity contribution in [3.63, 3.8) is 0 Å². The van der Waals surface area contributed by atoms with Gasteiger partial charge < -0.3 is 28.8 Å². The number of carbonyl (C=O) groups excluding carboxylic acids is 1. The molecular weight excluding hydrogens is 563 g/mol. The number of amides is 1. The zero-order chi connectivity index (χ0) is 32.2. The second-order valence-corrected chi connectivity index (χ2v) is 14.3. The molecule has 0 saturated heterocycles. The molecular formula is C34H67N2O6P. The molecule has 1 amide bonds. The highest BCUT2D eigenvalue weighted by Crippen LogP contribution is 2.38. The summed E-state index contributed by atoms with van der Waals surface area (Å²) in [4.78, 5) is 25.0. The van der Waals surface area contributed by atoms with Crippen LogP contribution in [0.3, 0.4) is 0 Å². The van der Waals surface area contributed by atoms with Crippen molar-refractivity contribution in [2.75, 3.05) is 40.9 Å². The number of carbonyl (C=O) groups is 1. The van der Waals surface area contributed by atoms with E-state index >= 15 is 0 Å². The van der Waals surface area contributed by atoms with Crippen molar-refractivity contribution in [3.8, 4) is 0 Å². The Bertz CT molecular complexity index is 768. The van der Waals surface area contributed by atoms with Crippen molar-refractivity contribution in [2.45, 2.75) is 148 Å². The molecule has 254 valence electrons. The number of likely N-dealkylation sites (N-methyl/N-ethyl adjacent to an activating group) is 1. The SMILES string of the molecule is CCCCCCC/C=C/CC/C=C/[C@@H](O)[C@H](COP(=O)([O-])OCC[N+](C)(C)C)NC(=O)CCCCCCCCCCCC. The highest BCUT2D eigenvalue weighted by molar-refractivity contribution is 7.45. The molecule has 0 radical (unpaired) electrons. The van der Waals surface area contributed by atoms with E-state index in [1.165, 1.54) is 77.0 Å². The average molecular weight is 631 g/mol. The second kappa shape index (κ2) is 27.3. The lowest BCUT2D eigenvalue weighted by atomic mass is 10.1. The van der Waals surface area contributed by atoms with Crippen LogP contribution in [-0.2, 0) is 18.4 Å². The lowest BCUT2D eigenvalue weighted by Crippen LogP contribution is -2.45. The molecule has 3 atom stereocenters. The van der Waals surface area contributed by atoms with Crippen LogP contribution in [-0.4, -0.2) is 68.5 Å². The second-order valence-electron chi connectivity index (χ2n) is 12.9. The summed E-state index contributed by atoms with van der Waals surface area (Å²) in [5.74, 6) is -0.214. The number of nitrogens with zero attached hydrogens (tertiary/aromatic N) is 1. The Labute approximate surface area is 264 Å². The lowest BCUT2D eigenvalue weighted by Gasteiger charge is -2.29. The zero-order valence-corrected chi connectivity index (χ0v) is 29.3. The molecule has 0 bridgehead atoms. The van der Waals surface area contributed by atoms with E-state index in [-0.39, 0.29) is 12.5 Å². The minimum absolute atomic E-state index is 0.00520. The topological polar surface area (TPSA) is 108 Å². The fourth-order valence-electron chi connectivity index (χ4n) is 4.58. The van der Waals surface area contributed by atoms with Gasteiger partial charge in [-0.05, 0) is 32.1 Å². The number of allylic oxidation sites excluding steroid dienone is 3. The van der Waals surface area contributed by atoms with Gasteiger partial charge >= 0.3 is 0 Å². The third kappa shape index (κ3) is 29.5. The maximum Gasteiger partial charge on any atom is 0.268 e. The van der Waals surface area contributed by atoms with E-state index < -0.39 is 26.6 Å². The molecule has 9 heteroatoms. The Morgan fingerprint density at radius 1 is 0.791 bits per heavy atom. The van der Waals surface area contributed by atoms with Gasteiger partial charge in [0.25, 0.3) is 7.82 Å². The van der Waals surface area contributed by atoms with Crippen molar-refractivity contribution < 1.29 is 32.9 Å². The Morgan fingerprint density at radius 2 is 1.30 bits per heavy atom. The van der Waals surface area contributed by atoms with Crippen LogP contribution in [0.4, 0.5) is 0 Å². The number of unbranched alkanes of at least 4 members (excludes halogenated alkanes) is 15. The maximum absolute atomic E-state index is 12.7. The fourth-order valence-corrected chi connectivity index (χ4v) is 5.30. The molecule has 0 spiro atoms. The number of rotatable bonds is 30. The summed E-state index contributed by atoms with van der Waals surface area (Å²) in [6, 6.07) is -0.894. The number of phosphoric ester groups is 1. The lowest BCUT2D eigenvalue weighted by molar-refractivity contribution is -0.870. The van der Waals surface area contributed by atoms with Crippen LogP contribution in [0.15, 0.2) is 24.3 Å². The highest BCUT2D eigenvalue weighted by Gasteiger charge is 2.23. The summed E-state index contributed by atoms with van der Waals surface area (Å²) in [7, 11) is 1.24. The molecule has 0 aliphatic rings. The molecule has 0 aromatic rings. The first-order chi connectivity index (χ1) is 20.5. The number of nitrogens with one attached hydrogen (secondary N) is 1. The quantitative estimate of drug-likeness (QED) is 0.0366. The summed E-state index contributed by atoms with van der Waals surface area (Å²) in [5, 5.41) is 13.6. The number of quaternary nitrogens is 1. The minimum Gasteiger partial charge on any atom is -0.756 e. The predicted molar refractivity (Wildman–Crippen MR) is 178 cm³/mol. The highest BCUT2D eigenvalue weighted by atomic mass is 31.2. The first kappa shape index (κ1) is 42.0. The Kier molecular flexibility index (Phi) is 26.7. The van der Waals surface area contributed by atoms with E-state index in [1.54, 1.807) is 6.08 Å². The van der Waals surface area contributed by atoms with Crippen LogP contribution in [0.5, 0.6) is 0 Å². The molecule has 0 aliphatic carbocycles. The summed E-state index contributed by atoms with van der Waals surface area (Å²) < 4.78 is 23.0. The van der Waals surface area contributed by atoms with Gasteiger partial charge in [-0.1, -0.05) is 122 Å². The van der Waals surface area contributed by atoms with E-state index in [2.05, 4.69) is 31.3 Å². The van der Waals surface area contributed by atoms with Gasteiger partial charge in [0.05, 0.1) is 39.9 Å². The smallest absolute Gasteiger partial charge is 0.268 e. The zero-order valence-electron chi connectivity index (χ0n) is 28.4. The minimum atomic E-state index is -4.57. The van der Waals surface area contributed by atoms with Crippen LogP contribution in [0, 0.1) is 0 Å². The van der Waals surface area contributed by atoms with E-state index in [1.807, 2.05) is 27.2 Å². The van der Waals surface area contributed by atoms with Gasteiger partial charge in [-0.15, -0.1) is 0 Å². The van der Waals surface area contributed by atoms with E-state index in [0.29, 0.717) is 17.4 Å². The molecule has 0 heterocycles. The molecule has 8 nitrogen and oxygen atoms in total. The Hall–Kier alpha value is -1.02. The largest absolute Gasteiger partial charge is 0.756 e. The van der Waals surface area contributed by atoms with E-state index in [9.17, 15) is 19.4 Å². The molecule has 1 unspecified atom stereocenters. The number of aliphatic hydroxyl groups excluding tert-OH is 1. The first-order valence-corrected chi connectivity index (χ1v) is 18.7. The van der Waals surface area contributed by atoms with Crippen LogP contribution in [0.2, 0.25) is 0 Å². The van der Waals surface area contributed by atoms with Crippen molar-refractivity contribution in [2.24, 2.45) is 0 Å². The third-order valence-electron chi connectivity index (χ3n) is 7.41. The Balaban J connectivity index is 4.68. The molecule has 0 aromatic carbocycles. The van der Waals surface area contributed by atoms with Crippen LogP contribution < -0.4 is 10.2 Å². The number of hydrogen-bond acceptors (Lipinski definition) is 6. The summed E-state index contributed by atoms with van der Waals surface area (Å²) in [6.07, 6.45) is 27.9. The molecule has 0 saturated carbocycles. The van der Waals surface area contributed by atoms with Crippen molar-refractivity contribution in [3.05, 3.63) is 24.3 Å². The van der Waals surface area contributed by atoms with Crippen LogP contribution in [0.1, 0.15) is 136 Å². The van der Waals surface area contributed by atoms with Gasteiger partial charge in [-0.2, -0.15) is 0 Å². The fraction of sp³-hybridized carbons (Fsp3) is 0.853. The number of phosphoric acid groups is 1. The monoisotopic (exact) mass is 630 g/mol. The Morgan fingerprint density at radius 3 is 1.88 bits per heavy atom. The first-order valence-electron chi connectivity index (χ1n) is 17.2. The van der Waals surface area contributed by atoms with Gasteiger partial charge in [-0.3, -0.25) is 9.36 Å². The third-order valence-corrected chi connectivity index (χ3v) is 8.38. The van der Waals surface area contributed by atoms with Crippen molar-refractivity contribution >= 4 is 13.7 Å². The molecule has 0 aromatic heterocycles. The van der Waals surface area contributed by atoms with Gasteiger partial charge in [0.15, 0.2) is 0 Å². The summed E-state index contributed by atoms with van der Waals surface area (Å²) >= 11 is 0. The molecule has 0 fully saturated rings. The van der Waals surface area contributed by atoms with Crippen molar-refractivity contribution in [1.29, 1.82) is 0 Å². The van der Waals surface area contributed by atoms with Crippen molar-refractivity contribution in [1.82, 2.24) is 5.32 Å². The number of hydrogen-bond donors (Lipinski definition) is 2. The summed E-state index contributed by atoms with van der Waals surface area (Å²) in [5.41, 5.74) is 0.